The zero-order valence-electron chi connectivity index (χ0n) is 14.3. The largest absolute Gasteiger partial charge is 0.324 e. The van der Waals surface area contributed by atoms with E-state index in [-0.39, 0.29) is 16.1 Å². The van der Waals surface area contributed by atoms with Crippen LogP contribution in [-0.2, 0) is 14.8 Å². The van der Waals surface area contributed by atoms with Gasteiger partial charge in [-0.15, -0.1) is 11.8 Å². The molecule has 0 spiro atoms. The van der Waals surface area contributed by atoms with Gasteiger partial charge in [-0.25, -0.2) is 8.42 Å². The van der Waals surface area contributed by atoms with Gasteiger partial charge < -0.3 is 5.32 Å². The van der Waals surface area contributed by atoms with Crippen LogP contribution >= 0.6 is 11.8 Å². The van der Waals surface area contributed by atoms with Crippen molar-refractivity contribution in [1.82, 2.24) is 0 Å². The summed E-state index contributed by atoms with van der Waals surface area (Å²) < 4.78 is 27.6. The molecule has 1 aliphatic heterocycles. The van der Waals surface area contributed by atoms with Crippen LogP contribution in [0.4, 0.5) is 11.4 Å². The molecule has 1 heterocycles. The average molecular weight is 377 g/mol. The van der Waals surface area contributed by atoms with Gasteiger partial charge in [0.15, 0.2) is 0 Å². The summed E-state index contributed by atoms with van der Waals surface area (Å²) in [7, 11) is -3.71. The summed E-state index contributed by atoms with van der Waals surface area (Å²) in [5.41, 5.74) is 2.18. The van der Waals surface area contributed by atoms with Crippen molar-refractivity contribution in [2.75, 3.05) is 16.2 Å². The first-order valence-corrected chi connectivity index (χ1v) is 10.4. The number of hydrogen-bond donors (Lipinski definition) is 1. The van der Waals surface area contributed by atoms with Crippen LogP contribution in [0.2, 0.25) is 0 Å². The number of carbonyl (C=O) groups excluding carboxylic acids is 1. The minimum Gasteiger partial charge on any atom is -0.324 e. The third-order valence-corrected chi connectivity index (χ3v) is 7.12. The van der Waals surface area contributed by atoms with Gasteiger partial charge in [0.25, 0.3) is 10.0 Å². The van der Waals surface area contributed by atoms with Crippen LogP contribution in [-0.4, -0.2) is 26.1 Å². The highest BCUT2D eigenvalue weighted by molar-refractivity contribution is 8.01. The maximum absolute atomic E-state index is 13.1. The van der Waals surface area contributed by atoms with E-state index < -0.39 is 10.0 Å². The Labute approximate surface area is 152 Å². The van der Waals surface area contributed by atoms with Crippen LogP contribution in [0.3, 0.4) is 0 Å². The molecule has 2 aromatic rings. The molecule has 0 bridgehead atoms. The molecule has 1 aliphatic rings. The first-order valence-electron chi connectivity index (χ1n) is 8.04. The molecular formula is C18H20N2O3S2. The minimum atomic E-state index is -3.71. The molecule has 1 atom stereocenters. The number of benzene rings is 2. The van der Waals surface area contributed by atoms with Crippen LogP contribution in [0.1, 0.15) is 19.4 Å². The highest BCUT2D eigenvalue weighted by Gasteiger charge is 2.28. The fourth-order valence-corrected chi connectivity index (χ4v) is 5.17. The van der Waals surface area contributed by atoms with E-state index in [1.165, 1.54) is 16.1 Å². The highest BCUT2D eigenvalue weighted by Crippen LogP contribution is 2.37. The summed E-state index contributed by atoms with van der Waals surface area (Å²) in [6.45, 7) is 5.87. The summed E-state index contributed by atoms with van der Waals surface area (Å²) >= 11 is 1.43. The number of rotatable bonds is 4. The lowest BCUT2D eigenvalue weighted by atomic mass is 10.2. The van der Waals surface area contributed by atoms with Crippen molar-refractivity contribution in [3.8, 4) is 0 Å². The zero-order chi connectivity index (χ0) is 18.2. The van der Waals surface area contributed by atoms with Gasteiger partial charge in [0, 0.05) is 11.4 Å². The zero-order valence-corrected chi connectivity index (χ0v) is 15.9. The fraction of sp³-hybridized carbons (Fsp3) is 0.278. The van der Waals surface area contributed by atoms with Gasteiger partial charge in [-0.3, -0.25) is 9.10 Å². The fourth-order valence-electron chi connectivity index (χ4n) is 2.75. The number of nitrogens with one attached hydrogen (secondary N) is 1. The predicted octanol–water partition coefficient (Wildman–Crippen LogP) is 3.64. The Morgan fingerprint density at radius 3 is 2.64 bits per heavy atom. The van der Waals surface area contributed by atoms with Gasteiger partial charge in [-0.05, 0) is 56.7 Å². The molecule has 3 rings (SSSR count). The van der Waals surface area contributed by atoms with Crippen molar-refractivity contribution in [1.29, 1.82) is 0 Å². The monoisotopic (exact) mass is 376 g/mol. The summed E-state index contributed by atoms with van der Waals surface area (Å²) in [5, 5.41) is 2.60. The van der Waals surface area contributed by atoms with Crippen LogP contribution in [0.25, 0.3) is 0 Å². The van der Waals surface area contributed by atoms with E-state index in [1.54, 1.807) is 31.2 Å². The molecule has 25 heavy (non-hydrogen) atoms. The number of thioether (sulfide) groups is 1. The van der Waals surface area contributed by atoms with Crippen molar-refractivity contribution in [3.63, 3.8) is 0 Å². The third kappa shape index (κ3) is 3.39. The maximum atomic E-state index is 13.1. The summed E-state index contributed by atoms with van der Waals surface area (Å²) in [6, 6.07) is 12.3. The molecule has 1 N–H and O–H groups in total. The van der Waals surface area contributed by atoms with Gasteiger partial charge in [0.05, 0.1) is 21.5 Å². The van der Waals surface area contributed by atoms with E-state index in [2.05, 4.69) is 5.32 Å². The summed E-state index contributed by atoms with van der Waals surface area (Å²) in [6.07, 6.45) is 0. The number of carbonyl (C=O) groups is 1. The Morgan fingerprint density at radius 2 is 1.96 bits per heavy atom. The Hall–Kier alpha value is -1.99. The maximum Gasteiger partial charge on any atom is 0.264 e. The van der Waals surface area contributed by atoms with Crippen LogP contribution in [0.5, 0.6) is 0 Å². The number of aryl methyl sites for hydroxylation is 1. The topological polar surface area (TPSA) is 66.5 Å². The second-order valence-electron chi connectivity index (χ2n) is 5.92. The number of fused-ring (bicyclic) bond motifs is 1. The lowest BCUT2D eigenvalue weighted by Gasteiger charge is -2.25. The van der Waals surface area contributed by atoms with Gasteiger partial charge in [0.2, 0.25) is 5.91 Å². The second kappa shape index (κ2) is 6.72. The normalized spacial score (nSPS) is 16.9. The molecule has 132 valence electrons. The van der Waals surface area contributed by atoms with E-state index >= 15 is 0 Å². The first kappa shape index (κ1) is 17.8. The van der Waals surface area contributed by atoms with E-state index in [9.17, 15) is 13.2 Å². The van der Waals surface area contributed by atoms with Crippen molar-refractivity contribution >= 4 is 39.1 Å². The van der Waals surface area contributed by atoms with E-state index in [0.717, 1.165) is 10.5 Å². The first-order chi connectivity index (χ1) is 11.8. The Balaban J connectivity index is 2.02. The van der Waals surface area contributed by atoms with Crippen molar-refractivity contribution in [3.05, 3.63) is 48.0 Å². The Bertz CT molecular complexity index is 926. The number of amides is 1. The lowest BCUT2D eigenvalue weighted by Crippen LogP contribution is -2.31. The molecule has 0 fully saturated rings. The lowest BCUT2D eigenvalue weighted by molar-refractivity contribution is -0.115. The Morgan fingerprint density at radius 1 is 1.20 bits per heavy atom. The number of anilines is 2. The quantitative estimate of drug-likeness (QED) is 0.885. The molecule has 5 nitrogen and oxygen atoms in total. The van der Waals surface area contributed by atoms with Crippen LogP contribution < -0.4 is 9.62 Å². The number of hydrogen-bond acceptors (Lipinski definition) is 4. The predicted molar refractivity (Wildman–Crippen MR) is 102 cm³/mol. The summed E-state index contributed by atoms with van der Waals surface area (Å²) in [5.74, 6) is -0.113. The smallest absolute Gasteiger partial charge is 0.264 e. The third-order valence-electron chi connectivity index (χ3n) is 4.05. The number of sulfonamides is 1. The average Bonchev–Trinajstić information content (AvgIpc) is 2.56. The molecule has 7 heteroatoms. The molecule has 1 amide bonds. The molecular weight excluding hydrogens is 356 g/mol. The van der Waals surface area contributed by atoms with E-state index in [1.807, 2.05) is 32.0 Å². The Kier molecular flexibility index (Phi) is 4.79. The standard InChI is InChI=1S/C18H20N2O3S2/c1-4-20(14-7-5-6-12(2)10-14)25(22,23)15-8-9-17-16(11-15)19-18(21)13(3)24-17/h5-11,13H,4H2,1-3H3,(H,19,21). The van der Waals surface area contributed by atoms with Gasteiger partial charge in [-0.2, -0.15) is 0 Å². The van der Waals surface area contributed by atoms with Crippen LogP contribution in [0, 0.1) is 6.92 Å². The van der Waals surface area contributed by atoms with Crippen molar-refractivity contribution in [2.45, 2.75) is 35.8 Å². The molecule has 0 saturated heterocycles. The molecule has 0 aliphatic carbocycles. The SMILES string of the molecule is CCN(c1cccc(C)c1)S(=O)(=O)c1ccc2c(c1)NC(=O)C(C)S2. The van der Waals surface area contributed by atoms with Gasteiger partial charge >= 0.3 is 0 Å². The minimum absolute atomic E-state index is 0.113. The van der Waals surface area contributed by atoms with E-state index in [0.29, 0.717) is 17.9 Å². The van der Waals surface area contributed by atoms with Crippen molar-refractivity contribution in [2.24, 2.45) is 0 Å². The molecule has 1 unspecified atom stereocenters. The molecule has 2 aromatic carbocycles. The van der Waals surface area contributed by atoms with Gasteiger partial charge in [0.1, 0.15) is 0 Å². The van der Waals surface area contributed by atoms with Crippen LogP contribution in [0.15, 0.2) is 52.3 Å². The number of nitrogens with zero attached hydrogens (tertiary/aromatic N) is 1. The highest BCUT2D eigenvalue weighted by atomic mass is 32.2. The van der Waals surface area contributed by atoms with Crippen molar-refractivity contribution < 1.29 is 13.2 Å². The summed E-state index contributed by atoms with van der Waals surface area (Å²) in [4.78, 5) is 12.9. The van der Waals surface area contributed by atoms with Gasteiger partial charge in [-0.1, -0.05) is 12.1 Å². The molecule has 0 saturated carbocycles. The second-order valence-corrected chi connectivity index (χ2v) is 9.16. The molecule has 0 radical (unpaired) electrons. The van der Waals surface area contributed by atoms with E-state index in [4.69, 9.17) is 0 Å². The molecule has 0 aromatic heterocycles.